The lowest BCUT2D eigenvalue weighted by atomic mass is 10.0. The molecule has 0 bridgehead atoms. The summed E-state index contributed by atoms with van der Waals surface area (Å²) in [5.74, 6) is -0.484. The molecular formula is C39H47N3O4S. The van der Waals surface area contributed by atoms with E-state index in [0.29, 0.717) is 12.2 Å². The molecule has 0 aliphatic rings. The van der Waals surface area contributed by atoms with E-state index in [4.69, 9.17) is 0 Å². The molecule has 4 aromatic carbocycles. The summed E-state index contributed by atoms with van der Waals surface area (Å²) in [7, 11) is -4.15. The molecule has 0 fully saturated rings. The van der Waals surface area contributed by atoms with Crippen LogP contribution in [0, 0.1) is 13.8 Å². The minimum absolute atomic E-state index is 0.0900. The van der Waals surface area contributed by atoms with Crippen LogP contribution in [0.25, 0.3) is 0 Å². The van der Waals surface area contributed by atoms with E-state index in [2.05, 4.69) is 26.1 Å². The van der Waals surface area contributed by atoms with Crippen LogP contribution in [0.4, 0.5) is 5.69 Å². The maximum absolute atomic E-state index is 14.6. The van der Waals surface area contributed by atoms with Gasteiger partial charge in [0.2, 0.25) is 11.8 Å². The standard InChI is InChI=1S/C39H47N3O4S/c1-6-7-24-40-39(44)37(26-32-13-9-8-10-14-32)41(27-33-15-11-12-31(5)25-33)38(43)28-42(35-20-18-34(19-21-35)29(2)3)47(45,46)36-22-16-30(4)17-23-36/h8-23,25,29,37H,6-7,24,26-28H2,1-5H3,(H,40,44)/t37-/m1/s1. The average molecular weight is 654 g/mol. The highest BCUT2D eigenvalue weighted by atomic mass is 32.2. The van der Waals surface area contributed by atoms with E-state index in [1.54, 1.807) is 41.3 Å². The molecule has 0 unspecified atom stereocenters. The molecule has 0 heterocycles. The zero-order valence-corrected chi connectivity index (χ0v) is 29.0. The lowest BCUT2D eigenvalue weighted by Crippen LogP contribution is -2.53. The first-order chi connectivity index (χ1) is 22.5. The van der Waals surface area contributed by atoms with Crippen LogP contribution in [0.3, 0.4) is 0 Å². The minimum Gasteiger partial charge on any atom is -0.354 e. The molecule has 4 aromatic rings. The second-order valence-electron chi connectivity index (χ2n) is 12.4. The van der Waals surface area contributed by atoms with E-state index < -0.39 is 28.5 Å². The van der Waals surface area contributed by atoms with Gasteiger partial charge in [-0.25, -0.2) is 8.42 Å². The van der Waals surface area contributed by atoms with Crippen molar-refractivity contribution in [3.63, 3.8) is 0 Å². The van der Waals surface area contributed by atoms with Crippen molar-refractivity contribution >= 4 is 27.5 Å². The summed E-state index contributed by atoms with van der Waals surface area (Å²) in [4.78, 5) is 30.2. The average Bonchev–Trinajstić information content (AvgIpc) is 3.06. The maximum Gasteiger partial charge on any atom is 0.264 e. The predicted octanol–water partition coefficient (Wildman–Crippen LogP) is 7.18. The Morgan fingerprint density at radius 3 is 2.06 bits per heavy atom. The van der Waals surface area contributed by atoms with Crippen molar-refractivity contribution < 1.29 is 18.0 Å². The lowest BCUT2D eigenvalue weighted by Gasteiger charge is -2.34. The second kappa shape index (κ2) is 16.4. The van der Waals surface area contributed by atoms with Gasteiger partial charge in [-0.05, 0) is 67.1 Å². The van der Waals surface area contributed by atoms with Gasteiger partial charge in [0.15, 0.2) is 0 Å². The molecule has 0 aliphatic carbocycles. The number of benzene rings is 4. The monoisotopic (exact) mass is 653 g/mol. The minimum atomic E-state index is -4.15. The van der Waals surface area contributed by atoms with Crippen molar-refractivity contribution in [1.82, 2.24) is 10.2 Å². The van der Waals surface area contributed by atoms with Crippen LogP contribution >= 0.6 is 0 Å². The highest BCUT2D eigenvalue weighted by Crippen LogP contribution is 2.27. The number of carbonyl (C=O) groups excluding carboxylic acids is 2. The summed E-state index contributed by atoms with van der Waals surface area (Å²) < 4.78 is 29.7. The number of hydrogen-bond acceptors (Lipinski definition) is 4. The Morgan fingerprint density at radius 1 is 0.787 bits per heavy atom. The van der Waals surface area contributed by atoms with Crippen molar-refractivity contribution in [2.45, 2.75) is 77.3 Å². The molecule has 2 amide bonds. The molecule has 4 rings (SSSR count). The summed E-state index contributed by atoms with van der Waals surface area (Å²) in [5, 5.41) is 3.03. The van der Waals surface area contributed by atoms with E-state index in [0.717, 1.165) is 40.7 Å². The highest BCUT2D eigenvalue weighted by molar-refractivity contribution is 7.92. The number of amides is 2. The number of nitrogens with zero attached hydrogens (tertiary/aromatic N) is 2. The van der Waals surface area contributed by atoms with E-state index in [-0.39, 0.29) is 29.7 Å². The van der Waals surface area contributed by atoms with Crippen molar-refractivity contribution in [1.29, 1.82) is 0 Å². The number of carbonyl (C=O) groups is 2. The van der Waals surface area contributed by atoms with Gasteiger partial charge in [-0.1, -0.05) is 117 Å². The highest BCUT2D eigenvalue weighted by Gasteiger charge is 2.34. The van der Waals surface area contributed by atoms with Crippen molar-refractivity contribution in [2.75, 3.05) is 17.4 Å². The van der Waals surface area contributed by atoms with E-state index in [1.807, 2.05) is 80.6 Å². The number of nitrogens with one attached hydrogen (secondary N) is 1. The molecule has 0 aliphatic heterocycles. The molecule has 0 saturated carbocycles. The zero-order chi connectivity index (χ0) is 34.0. The summed E-state index contributed by atoms with van der Waals surface area (Å²) >= 11 is 0. The Bertz CT molecular complexity index is 1720. The van der Waals surface area contributed by atoms with E-state index in [1.165, 1.54) is 4.31 Å². The van der Waals surface area contributed by atoms with Crippen LogP contribution in [-0.2, 0) is 32.6 Å². The first kappa shape index (κ1) is 35.4. The second-order valence-corrected chi connectivity index (χ2v) is 14.3. The molecule has 1 atom stereocenters. The molecule has 8 heteroatoms. The molecule has 47 heavy (non-hydrogen) atoms. The fraction of sp³-hybridized carbons (Fsp3) is 0.333. The molecule has 7 nitrogen and oxygen atoms in total. The van der Waals surface area contributed by atoms with Crippen molar-refractivity contribution in [3.05, 3.63) is 131 Å². The number of anilines is 1. The number of sulfonamides is 1. The Balaban J connectivity index is 1.80. The van der Waals surface area contributed by atoms with Crippen LogP contribution in [0.5, 0.6) is 0 Å². The van der Waals surface area contributed by atoms with E-state index in [9.17, 15) is 18.0 Å². The first-order valence-electron chi connectivity index (χ1n) is 16.4. The van der Waals surface area contributed by atoms with Gasteiger partial charge < -0.3 is 10.2 Å². The molecule has 0 spiro atoms. The number of aryl methyl sites for hydroxylation is 2. The smallest absolute Gasteiger partial charge is 0.264 e. The Morgan fingerprint density at radius 2 is 1.45 bits per heavy atom. The molecule has 248 valence electrons. The quantitative estimate of drug-likeness (QED) is 0.138. The van der Waals surface area contributed by atoms with Gasteiger partial charge in [0.1, 0.15) is 12.6 Å². The maximum atomic E-state index is 14.6. The summed E-state index contributed by atoms with van der Waals surface area (Å²) in [6, 6.07) is 30.4. The molecule has 0 aromatic heterocycles. The van der Waals surface area contributed by atoms with Gasteiger partial charge in [-0.3, -0.25) is 13.9 Å². The third-order valence-corrected chi connectivity index (χ3v) is 10.1. The molecular weight excluding hydrogens is 607 g/mol. The Labute approximate surface area is 280 Å². The van der Waals surface area contributed by atoms with Gasteiger partial charge in [0, 0.05) is 19.5 Å². The topological polar surface area (TPSA) is 86.8 Å². The summed E-state index contributed by atoms with van der Waals surface area (Å²) in [6.45, 7) is 10.2. The van der Waals surface area contributed by atoms with Crippen LogP contribution in [-0.4, -0.2) is 44.3 Å². The fourth-order valence-corrected chi connectivity index (χ4v) is 6.87. The van der Waals surface area contributed by atoms with Crippen molar-refractivity contribution in [3.8, 4) is 0 Å². The van der Waals surface area contributed by atoms with Crippen LogP contribution in [0.2, 0.25) is 0 Å². The SMILES string of the molecule is CCCCNC(=O)[C@@H](Cc1ccccc1)N(Cc1cccc(C)c1)C(=O)CN(c1ccc(C(C)C)cc1)S(=O)(=O)c1ccc(C)cc1. The number of rotatable bonds is 15. The molecule has 0 saturated heterocycles. The van der Waals surface area contributed by atoms with Gasteiger partial charge >= 0.3 is 0 Å². The third kappa shape index (κ3) is 9.55. The van der Waals surface area contributed by atoms with Gasteiger partial charge in [0.05, 0.1) is 10.6 Å². The van der Waals surface area contributed by atoms with Crippen molar-refractivity contribution in [2.24, 2.45) is 0 Å². The Hall–Kier alpha value is -4.43. The van der Waals surface area contributed by atoms with Crippen LogP contribution in [0.15, 0.2) is 108 Å². The first-order valence-corrected chi connectivity index (χ1v) is 17.8. The largest absolute Gasteiger partial charge is 0.354 e. The lowest BCUT2D eigenvalue weighted by molar-refractivity contribution is -0.140. The van der Waals surface area contributed by atoms with Crippen LogP contribution in [0.1, 0.15) is 67.3 Å². The zero-order valence-electron chi connectivity index (χ0n) is 28.1. The van der Waals surface area contributed by atoms with E-state index >= 15 is 0 Å². The summed E-state index contributed by atoms with van der Waals surface area (Å²) in [5.41, 5.74) is 5.14. The number of hydrogen-bond donors (Lipinski definition) is 1. The van der Waals surface area contributed by atoms with Gasteiger partial charge in [-0.2, -0.15) is 0 Å². The number of unbranched alkanes of at least 4 members (excludes halogenated alkanes) is 1. The third-order valence-electron chi connectivity index (χ3n) is 8.27. The normalized spacial score (nSPS) is 12.0. The summed E-state index contributed by atoms with van der Waals surface area (Å²) in [6.07, 6.45) is 2.01. The molecule has 1 N–H and O–H groups in total. The fourth-order valence-electron chi connectivity index (χ4n) is 5.46. The Kier molecular flexibility index (Phi) is 12.4. The molecule has 0 radical (unpaired) electrons. The van der Waals surface area contributed by atoms with Gasteiger partial charge in [0.25, 0.3) is 10.0 Å². The van der Waals surface area contributed by atoms with Crippen LogP contribution < -0.4 is 9.62 Å². The predicted molar refractivity (Wildman–Crippen MR) is 190 cm³/mol. The van der Waals surface area contributed by atoms with Gasteiger partial charge in [-0.15, -0.1) is 0 Å².